The predicted molar refractivity (Wildman–Crippen MR) is 137 cm³/mol. The van der Waals surface area contributed by atoms with Gasteiger partial charge in [0.1, 0.15) is 11.3 Å². The number of hydrogen-bond acceptors (Lipinski definition) is 6. The van der Waals surface area contributed by atoms with Crippen LogP contribution in [0, 0.1) is 6.92 Å². The van der Waals surface area contributed by atoms with E-state index in [9.17, 15) is 18.0 Å². The molecule has 3 heterocycles. The lowest BCUT2D eigenvalue weighted by atomic mass is 10.2. The van der Waals surface area contributed by atoms with Gasteiger partial charge in [-0.25, -0.2) is 17.7 Å². The summed E-state index contributed by atoms with van der Waals surface area (Å²) in [4.78, 5) is 29.3. The molecule has 36 heavy (non-hydrogen) atoms. The van der Waals surface area contributed by atoms with Crippen molar-refractivity contribution in [1.82, 2.24) is 24.2 Å². The number of carbonyl (C=O) groups is 1. The van der Waals surface area contributed by atoms with Gasteiger partial charge in [-0.2, -0.15) is 0 Å². The molecule has 1 aliphatic rings. The molecule has 0 bridgehead atoms. The van der Waals surface area contributed by atoms with Gasteiger partial charge >= 0.3 is 0 Å². The van der Waals surface area contributed by atoms with Crippen LogP contribution in [0.15, 0.2) is 34.0 Å². The van der Waals surface area contributed by atoms with E-state index in [1.807, 2.05) is 19.9 Å². The Morgan fingerprint density at radius 2 is 2.00 bits per heavy atom. The monoisotopic (exact) mass is 515 g/mol. The Balaban J connectivity index is 1.64. The number of likely N-dealkylation sites (tertiary alicyclic amines) is 1. The fraction of sp³-hybridized carbons (Fsp3) is 0.480. The molecule has 10 nitrogen and oxygen atoms in total. The molecule has 2 aromatic heterocycles. The number of aryl methyl sites for hydroxylation is 2. The molecule has 11 heteroatoms. The maximum atomic E-state index is 13.0. The molecule has 0 unspecified atom stereocenters. The second-order valence-corrected chi connectivity index (χ2v) is 10.7. The SMILES string of the molecule is CCCc1cc(C)c2c(=O)[nH]c(-c3cc(S(=O)(=O)NCCCN4CCCC4=O)ccc3OCC)nn12. The van der Waals surface area contributed by atoms with Crippen molar-refractivity contribution in [1.29, 1.82) is 0 Å². The van der Waals surface area contributed by atoms with Crippen molar-refractivity contribution >= 4 is 21.4 Å². The van der Waals surface area contributed by atoms with Crippen molar-refractivity contribution in [3.8, 4) is 17.1 Å². The van der Waals surface area contributed by atoms with Gasteiger partial charge in [-0.15, -0.1) is 5.10 Å². The van der Waals surface area contributed by atoms with E-state index in [1.165, 1.54) is 12.1 Å². The molecule has 1 amide bonds. The molecule has 0 spiro atoms. The molecule has 1 saturated heterocycles. The number of ether oxygens (including phenoxy) is 1. The molecule has 0 atom stereocenters. The summed E-state index contributed by atoms with van der Waals surface area (Å²) in [7, 11) is -3.83. The quantitative estimate of drug-likeness (QED) is 0.378. The van der Waals surface area contributed by atoms with E-state index < -0.39 is 10.0 Å². The third-order valence-corrected chi connectivity index (χ3v) is 7.74. The summed E-state index contributed by atoms with van der Waals surface area (Å²) in [5.74, 6) is 0.772. The van der Waals surface area contributed by atoms with Crippen LogP contribution in [0.2, 0.25) is 0 Å². The van der Waals surface area contributed by atoms with Gasteiger partial charge < -0.3 is 14.6 Å². The zero-order chi connectivity index (χ0) is 25.9. The molecule has 0 aliphatic carbocycles. The van der Waals surface area contributed by atoms with Crippen molar-refractivity contribution in [3.63, 3.8) is 0 Å². The van der Waals surface area contributed by atoms with Gasteiger partial charge in [0.25, 0.3) is 5.56 Å². The van der Waals surface area contributed by atoms with Crippen LogP contribution in [0.3, 0.4) is 0 Å². The van der Waals surface area contributed by atoms with Crippen molar-refractivity contribution in [2.45, 2.75) is 57.8 Å². The van der Waals surface area contributed by atoms with E-state index in [0.717, 1.165) is 37.1 Å². The minimum absolute atomic E-state index is 0.0402. The Hall–Kier alpha value is -3.18. The summed E-state index contributed by atoms with van der Waals surface area (Å²) in [6.45, 7) is 7.58. The van der Waals surface area contributed by atoms with Crippen LogP contribution in [0.1, 0.15) is 50.8 Å². The summed E-state index contributed by atoms with van der Waals surface area (Å²) in [5.41, 5.74) is 2.31. The Labute approximate surface area is 210 Å². The Morgan fingerprint density at radius 3 is 2.69 bits per heavy atom. The first-order chi connectivity index (χ1) is 17.2. The van der Waals surface area contributed by atoms with E-state index in [1.54, 1.807) is 15.5 Å². The number of rotatable bonds is 11. The topological polar surface area (TPSA) is 126 Å². The normalized spacial score (nSPS) is 14.2. The average Bonchev–Trinajstić information content (AvgIpc) is 3.39. The summed E-state index contributed by atoms with van der Waals surface area (Å²) in [6.07, 6.45) is 3.58. The number of sulfonamides is 1. The van der Waals surface area contributed by atoms with Crippen LogP contribution in [0.4, 0.5) is 0 Å². The lowest BCUT2D eigenvalue weighted by Crippen LogP contribution is -2.30. The van der Waals surface area contributed by atoms with Crippen LogP contribution in [-0.2, 0) is 21.2 Å². The highest BCUT2D eigenvalue weighted by Gasteiger charge is 2.22. The number of aromatic nitrogens is 3. The Morgan fingerprint density at radius 1 is 1.19 bits per heavy atom. The number of H-pyrrole nitrogens is 1. The third-order valence-electron chi connectivity index (χ3n) is 6.28. The first-order valence-corrected chi connectivity index (χ1v) is 13.9. The van der Waals surface area contributed by atoms with Crippen molar-refractivity contribution in [3.05, 3.63) is 45.9 Å². The van der Waals surface area contributed by atoms with Gasteiger partial charge in [0.15, 0.2) is 5.82 Å². The van der Waals surface area contributed by atoms with Gasteiger partial charge in [0.2, 0.25) is 15.9 Å². The number of hydrogen-bond donors (Lipinski definition) is 2. The number of benzene rings is 1. The maximum Gasteiger partial charge on any atom is 0.275 e. The van der Waals surface area contributed by atoms with Crippen LogP contribution < -0.4 is 15.0 Å². The van der Waals surface area contributed by atoms with Crippen LogP contribution in [-0.4, -0.2) is 60.1 Å². The van der Waals surface area contributed by atoms with E-state index in [2.05, 4.69) is 21.7 Å². The summed E-state index contributed by atoms with van der Waals surface area (Å²) in [5, 5.41) is 4.67. The Kier molecular flexibility index (Phi) is 7.79. The number of nitrogens with one attached hydrogen (secondary N) is 2. The first kappa shape index (κ1) is 25.9. The molecule has 1 aromatic carbocycles. The first-order valence-electron chi connectivity index (χ1n) is 12.4. The van der Waals surface area contributed by atoms with Gasteiger partial charge in [0, 0.05) is 31.7 Å². The van der Waals surface area contributed by atoms with Crippen molar-refractivity contribution in [2.75, 3.05) is 26.2 Å². The molecule has 0 saturated carbocycles. The molecule has 3 aromatic rings. The molecule has 194 valence electrons. The fourth-order valence-electron chi connectivity index (χ4n) is 4.57. The van der Waals surface area contributed by atoms with E-state index in [4.69, 9.17) is 4.74 Å². The largest absolute Gasteiger partial charge is 0.493 e. The number of carbonyl (C=O) groups excluding carboxylic acids is 1. The molecule has 0 radical (unpaired) electrons. The minimum atomic E-state index is -3.83. The maximum absolute atomic E-state index is 13.0. The van der Waals surface area contributed by atoms with E-state index in [-0.39, 0.29) is 28.7 Å². The number of fused-ring (bicyclic) bond motifs is 1. The van der Waals surface area contributed by atoms with Gasteiger partial charge in [-0.1, -0.05) is 13.3 Å². The van der Waals surface area contributed by atoms with Crippen LogP contribution in [0.5, 0.6) is 5.75 Å². The standard InChI is InChI=1S/C25H33N5O5S/c1-4-8-18-15-17(3)23-25(32)27-24(28-30(18)23)20-16-19(10-11-21(20)35-5-2)36(33,34)26-12-7-14-29-13-6-9-22(29)31/h10-11,15-16,26H,4-9,12-14H2,1-3H3,(H,27,28,32). The average molecular weight is 516 g/mol. The third kappa shape index (κ3) is 5.31. The zero-order valence-corrected chi connectivity index (χ0v) is 21.8. The molecular formula is C25H33N5O5S. The second-order valence-electron chi connectivity index (χ2n) is 8.96. The van der Waals surface area contributed by atoms with Crippen LogP contribution in [0.25, 0.3) is 16.9 Å². The highest BCUT2D eigenvalue weighted by atomic mass is 32.2. The highest BCUT2D eigenvalue weighted by molar-refractivity contribution is 7.89. The molecule has 2 N–H and O–H groups in total. The summed E-state index contributed by atoms with van der Waals surface area (Å²) in [6, 6.07) is 6.47. The molecule has 4 rings (SSSR count). The predicted octanol–water partition coefficient (Wildman–Crippen LogP) is 2.64. The van der Waals surface area contributed by atoms with Crippen LogP contribution >= 0.6 is 0 Å². The molecular weight excluding hydrogens is 482 g/mol. The summed E-state index contributed by atoms with van der Waals surface area (Å²) >= 11 is 0. The van der Waals surface area contributed by atoms with Gasteiger partial charge in [0.05, 0.1) is 17.1 Å². The van der Waals surface area contributed by atoms with E-state index in [0.29, 0.717) is 42.8 Å². The van der Waals surface area contributed by atoms with Gasteiger partial charge in [-0.3, -0.25) is 9.59 Å². The zero-order valence-electron chi connectivity index (χ0n) is 21.0. The second kappa shape index (κ2) is 10.8. The van der Waals surface area contributed by atoms with Crippen molar-refractivity contribution in [2.24, 2.45) is 0 Å². The fourth-order valence-corrected chi connectivity index (χ4v) is 5.67. The Bertz CT molecular complexity index is 1430. The lowest BCUT2D eigenvalue weighted by Gasteiger charge is -2.16. The summed E-state index contributed by atoms with van der Waals surface area (Å²) < 4.78 is 36.1. The van der Waals surface area contributed by atoms with Gasteiger partial charge in [-0.05, 0) is 62.9 Å². The number of aromatic amines is 1. The van der Waals surface area contributed by atoms with Crippen molar-refractivity contribution < 1.29 is 17.9 Å². The molecule has 1 aliphatic heterocycles. The number of nitrogens with zero attached hydrogens (tertiary/aromatic N) is 3. The molecule has 1 fully saturated rings. The smallest absolute Gasteiger partial charge is 0.275 e. The number of amides is 1. The minimum Gasteiger partial charge on any atom is -0.493 e. The highest BCUT2D eigenvalue weighted by Crippen LogP contribution is 2.30. The van der Waals surface area contributed by atoms with E-state index >= 15 is 0 Å². The lowest BCUT2D eigenvalue weighted by molar-refractivity contribution is -0.127.